The maximum absolute atomic E-state index is 3.05. The second-order valence-electron chi connectivity index (χ2n) is 11.8. The Morgan fingerprint density at radius 2 is 1.84 bits per heavy atom. The quantitative estimate of drug-likeness (QED) is 0.489. The summed E-state index contributed by atoms with van der Waals surface area (Å²) in [6.45, 7) is 10.0. The molecular formula is C30H42N2. The molecule has 6 atom stereocenters. The van der Waals surface area contributed by atoms with E-state index in [9.17, 15) is 0 Å². The van der Waals surface area contributed by atoms with Gasteiger partial charge in [-0.3, -0.25) is 0 Å². The molecule has 0 unspecified atom stereocenters. The van der Waals surface area contributed by atoms with E-state index in [2.05, 4.69) is 43.2 Å². The monoisotopic (exact) mass is 430 g/mol. The van der Waals surface area contributed by atoms with Gasteiger partial charge in [0.1, 0.15) is 0 Å². The van der Waals surface area contributed by atoms with E-state index in [1.807, 2.05) is 11.1 Å². The second kappa shape index (κ2) is 6.80. The molecule has 0 N–H and O–H groups in total. The fraction of sp³-hybridized carbons (Fsp3) is 0.733. The lowest BCUT2D eigenvalue weighted by atomic mass is 9.73. The van der Waals surface area contributed by atoms with Crippen LogP contribution in [-0.4, -0.2) is 21.0 Å². The molecule has 2 fully saturated rings. The molecule has 172 valence electrons. The molecule has 0 amide bonds. The van der Waals surface area contributed by atoms with Crippen molar-refractivity contribution >= 4 is 0 Å². The summed E-state index contributed by atoms with van der Waals surface area (Å²) in [5.74, 6) is 2.25. The van der Waals surface area contributed by atoms with Gasteiger partial charge in [-0.15, -0.1) is 0 Å². The maximum Gasteiger partial charge on any atom is 0.0698 e. The average Bonchev–Trinajstić information content (AvgIpc) is 3.58. The van der Waals surface area contributed by atoms with Crippen molar-refractivity contribution in [2.24, 2.45) is 11.8 Å². The zero-order chi connectivity index (χ0) is 21.8. The lowest BCUT2D eigenvalue weighted by Gasteiger charge is -2.44. The van der Waals surface area contributed by atoms with Gasteiger partial charge in [0.2, 0.25) is 0 Å². The second-order valence-corrected chi connectivity index (χ2v) is 11.8. The van der Waals surface area contributed by atoms with Crippen molar-refractivity contribution in [1.29, 1.82) is 0 Å². The van der Waals surface area contributed by atoms with Crippen LogP contribution < -0.4 is 0 Å². The van der Waals surface area contributed by atoms with E-state index in [1.54, 1.807) is 28.2 Å². The zero-order valence-corrected chi connectivity index (χ0v) is 20.8. The minimum atomic E-state index is 0.304. The van der Waals surface area contributed by atoms with Gasteiger partial charge >= 0.3 is 0 Å². The van der Waals surface area contributed by atoms with Crippen molar-refractivity contribution in [2.75, 3.05) is 0 Å². The standard InChI is InChI=1S/C30H42N2/c1-5-21-18(4)28(27-22(6-2)24-12-8-10-19-14-15-26(27)31(19)24)30-17-16-20-11-9-13-25(32(20)30)23(7-3)29(21)30/h13,18-21,28H,5-12,14-17H2,1-4H3/t18-,19+,20+,21-,28-,30-/m0/s1. The van der Waals surface area contributed by atoms with Gasteiger partial charge in [0, 0.05) is 35.1 Å². The molecule has 1 spiro atoms. The molecule has 5 aliphatic heterocycles. The predicted octanol–water partition coefficient (Wildman–Crippen LogP) is 7.23. The van der Waals surface area contributed by atoms with Crippen LogP contribution in [-0.2, 0) is 19.3 Å². The van der Waals surface area contributed by atoms with Crippen LogP contribution in [0, 0.1) is 11.8 Å². The molecule has 0 radical (unpaired) electrons. The van der Waals surface area contributed by atoms with E-state index in [0.717, 1.165) is 23.9 Å². The first-order valence-corrected chi connectivity index (χ1v) is 14.1. The number of aromatic nitrogens is 1. The highest BCUT2D eigenvalue weighted by molar-refractivity contribution is 5.60. The van der Waals surface area contributed by atoms with Gasteiger partial charge in [0.05, 0.1) is 5.54 Å². The third-order valence-corrected chi connectivity index (χ3v) is 11.0. The highest BCUT2D eigenvalue weighted by atomic mass is 15.3. The van der Waals surface area contributed by atoms with Crippen LogP contribution in [0.25, 0.3) is 0 Å². The van der Waals surface area contributed by atoms with Gasteiger partial charge in [-0.1, -0.05) is 33.8 Å². The van der Waals surface area contributed by atoms with Crippen LogP contribution in [0.3, 0.4) is 0 Å². The largest absolute Gasteiger partial charge is 0.358 e. The van der Waals surface area contributed by atoms with E-state index >= 15 is 0 Å². The summed E-state index contributed by atoms with van der Waals surface area (Å²) in [5.41, 5.74) is 12.9. The summed E-state index contributed by atoms with van der Waals surface area (Å²) in [4.78, 5) is 3.05. The van der Waals surface area contributed by atoms with Crippen molar-refractivity contribution in [1.82, 2.24) is 9.47 Å². The molecule has 1 saturated heterocycles. The van der Waals surface area contributed by atoms with E-state index in [4.69, 9.17) is 0 Å². The van der Waals surface area contributed by atoms with Crippen molar-refractivity contribution in [3.05, 3.63) is 45.4 Å². The average molecular weight is 431 g/mol. The van der Waals surface area contributed by atoms with E-state index in [1.165, 1.54) is 77.0 Å². The molecule has 6 aliphatic rings. The van der Waals surface area contributed by atoms with Crippen LogP contribution in [0.4, 0.5) is 0 Å². The SMILES string of the molecule is CCC1=C2[C@@H](CC)[C@H](C)[C@@H](c3c(CC)c4n5c3CC[C@H]5CCC4)[C@@]23CC[C@H]2CCC=C1N23. The zero-order valence-electron chi connectivity index (χ0n) is 20.8. The molecule has 7 rings (SSSR count). The Morgan fingerprint density at radius 3 is 2.62 bits per heavy atom. The van der Waals surface area contributed by atoms with Crippen molar-refractivity contribution in [2.45, 2.75) is 128 Å². The number of rotatable bonds is 4. The Labute approximate surface area is 195 Å². The highest BCUT2D eigenvalue weighted by Crippen LogP contribution is 2.70. The van der Waals surface area contributed by atoms with Gasteiger partial charge in [-0.25, -0.2) is 0 Å². The van der Waals surface area contributed by atoms with Gasteiger partial charge in [-0.05, 0) is 111 Å². The van der Waals surface area contributed by atoms with E-state index in [0.29, 0.717) is 11.5 Å². The minimum absolute atomic E-state index is 0.304. The Hall–Kier alpha value is -1.44. The van der Waals surface area contributed by atoms with Crippen LogP contribution in [0.5, 0.6) is 0 Å². The van der Waals surface area contributed by atoms with Crippen LogP contribution in [0.15, 0.2) is 22.9 Å². The Bertz CT molecular complexity index is 1030. The van der Waals surface area contributed by atoms with Gasteiger partial charge in [0.25, 0.3) is 0 Å². The maximum atomic E-state index is 3.05. The number of hydrogen-bond acceptors (Lipinski definition) is 1. The Balaban J connectivity index is 1.51. The molecule has 1 saturated carbocycles. The van der Waals surface area contributed by atoms with Crippen LogP contribution in [0.2, 0.25) is 0 Å². The van der Waals surface area contributed by atoms with E-state index in [-0.39, 0.29) is 0 Å². The first kappa shape index (κ1) is 20.0. The molecule has 6 heterocycles. The molecule has 1 aromatic rings. The molecular weight excluding hydrogens is 388 g/mol. The predicted molar refractivity (Wildman–Crippen MR) is 132 cm³/mol. The topological polar surface area (TPSA) is 8.17 Å². The Kier molecular flexibility index (Phi) is 4.24. The number of nitrogens with zero attached hydrogens (tertiary/aromatic N) is 2. The highest BCUT2D eigenvalue weighted by Gasteiger charge is 2.67. The molecule has 0 aromatic carbocycles. The Morgan fingerprint density at radius 1 is 0.969 bits per heavy atom. The summed E-state index contributed by atoms with van der Waals surface area (Å²) in [5, 5.41) is 0. The summed E-state index contributed by atoms with van der Waals surface area (Å²) in [7, 11) is 0. The molecule has 32 heavy (non-hydrogen) atoms. The fourth-order valence-corrected chi connectivity index (χ4v) is 10.2. The fourth-order valence-electron chi connectivity index (χ4n) is 10.2. The van der Waals surface area contributed by atoms with Crippen molar-refractivity contribution < 1.29 is 0 Å². The number of allylic oxidation sites excluding steroid dienone is 2. The van der Waals surface area contributed by atoms with Crippen molar-refractivity contribution in [3.63, 3.8) is 0 Å². The van der Waals surface area contributed by atoms with Crippen molar-refractivity contribution in [3.8, 4) is 0 Å². The van der Waals surface area contributed by atoms with Gasteiger partial charge < -0.3 is 9.47 Å². The normalized spacial score (nSPS) is 38.9. The third kappa shape index (κ3) is 2.10. The summed E-state index contributed by atoms with van der Waals surface area (Å²) < 4.78 is 2.90. The molecule has 0 bridgehead atoms. The first-order chi connectivity index (χ1) is 15.7. The smallest absolute Gasteiger partial charge is 0.0698 e. The molecule has 2 heteroatoms. The van der Waals surface area contributed by atoms with E-state index < -0.39 is 0 Å². The first-order valence-electron chi connectivity index (χ1n) is 14.1. The van der Waals surface area contributed by atoms with Gasteiger partial charge in [0.15, 0.2) is 0 Å². The molecule has 1 aromatic heterocycles. The molecule has 1 aliphatic carbocycles. The molecule has 2 nitrogen and oxygen atoms in total. The van der Waals surface area contributed by atoms with Crippen LogP contribution in [0.1, 0.15) is 120 Å². The number of hydrogen-bond donors (Lipinski definition) is 0. The summed E-state index contributed by atoms with van der Waals surface area (Å²) in [6, 6.07) is 1.61. The third-order valence-electron chi connectivity index (χ3n) is 11.0. The minimum Gasteiger partial charge on any atom is -0.358 e. The summed E-state index contributed by atoms with van der Waals surface area (Å²) in [6.07, 6.45) is 18.9. The lowest BCUT2D eigenvalue weighted by Crippen LogP contribution is -2.47. The summed E-state index contributed by atoms with van der Waals surface area (Å²) >= 11 is 0. The van der Waals surface area contributed by atoms with Crippen LogP contribution >= 0.6 is 0 Å². The lowest BCUT2D eigenvalue weighted by molar-refractivity contribution is 0.156. The van der Waals surface area contributed by atoms with Gasteiger partial charge in [-0.2, -0.15) is 0 Å².